The Morgan fingerprint density at radius 2 is 0.733 bits per heavy atom. The van der Waals surface area contributed by atoms with E-state index >= 15 is 0 Å². The van der Waals surface area contributed by atoms with E-state index in [4.69, 9.17) is 29.9 Å². The molecule has 0 amide bonds. The van der Waals surface area contributed by atoms with E-state index in [-0.39, 0.29) is 54.2 Å². The Morgan fingerprint density at radius 3 is 1.21 bits per heavy atom. The molecule has 0 bridgehead atoms. The minimum absolute atomic E-state index is 0. The number of hydrogen-bond acceptors (Lipinski definition) is 10. The van der Waals surface area contributed by atoms with E-state index in [1.165, 1.54) is 0 Å². The zero-order valence-electron chi connectivity index (χ0n) is 59.3. The van der Waals surface area contributed by atoms with E-state index in [1.807, 2.05) is 128 Å². The van der Waals surface area contributed by atoms with Gasteiger partial charge in [-0.2, -0.15) is 0 Å². The van der Waals surface area contributed by atoms with E-state index in [0.29, 0.717) is 28.5 Å². The summed E-state index contributed by atoms with van der Waals surface area (Å²) in [4.78, 5) is 34.4. The smallest absolute Gasteiger partial charge is 0.164 e. The Hall–Kier alpha value is -10.9. The maximum atomic E-state index is 11.9. The van der Waals surface area contributed by atoms with Crippen LogP contribution in [-0.2, 0) is 42.7 Å². The predicted molar refractivity (Wildman–Crippen MR) is 414 cm³/mol. The molecule has 4 heterocycles. The summed E-state index contributed by atoms with van der Waals surface area (Å²) >= 11 is 0. The van der Waals surface area contributed by atoms with Crippen molar-refractivity contribution in [3.05, 3.63) is 302 Å². The standard InChI is InChI=1S/C45H42N4O.C45H41N4O.Pt/c2*1-44(2,3)33-27-36(42(50)37(28-33)45(4,5)6)43-47-38(31-17-8-7-9-18-31)29-39(48-43)32-20-14-21-34(26-32)49(41-24-12-13-25-46-41)40-23-15-19-30-16-10-11-22-35(30)40;/h7-29,50H,1-6H3;7-25,27-29,50H,1-6H3;/q;-1;. The molecule has 0 aliphatic rings. The van der Waals surface area contributed by atoms with Gasteiger partial charge in [0.25, 0.3) is 0 Å². The van der Waals surface area contributed by atoms with Crippen LogP contribution in [0.1, 0.15) is 105 Å². The molecule has 0 fully saturated rings. The average molecular weight is 1500 g/mol. The molecule has 0 unspecified atom stereocenters. The Morgan fingerprint density at radius 1 is 0.337 bits per heavy atom. The first-order chi connectivity index (χ1) is 47.9. The van der Waals surface area contributed by atoms with Gasteiger partial charge in [-0.25, -0.2) is 24.9 Å². The first-order valence-electron chi connectivity index (χ1n) is 34.1. The second kappa shape index (κ2) is 28.7. The maximum Gasteiger partial charge on any atom is 0.164 e. The summed E-state index contributed by atoms with van der Waals surface area (Å²) in [6.45, 7) is 25.9. The molecule has 0 aliphatic heterocycles. The van der Waals surface area contributed by atoms with Crippen LogP contribution in [0.15, 0.2) is 273 Å². The van der Waals surface area contributed by atoms with E-state index in [1.54, 1.807) is 0 Å². The zero-order valence-corrected chi connectivity index (χ0v) is 61.5. The van der Waals surface area contributed by atoms with Crippen LogP contribution in [0.2, 0.25) is 0 Å². The fourth-order valence-electron chi connectivity index (χ4n) is 12.6. The molecule has 2 N–H and O–H groups in total. The molecule has 0 saturated heterocycles. The molecule has 11 heteroatoms. The molecule has 0 spiro atoms. The van der Waals surface area contributed by atoms with Gasteiger partial charge in [0.15, 0.2) is 11.6 Å². The van der Waals surface area contributed by atoms with Gasteiger partial charge in [0.2, 0.25) is 0 Å². The molecule has 0 aliphatic carbocycles. The molecular weight excluding hydrogens is 1420 g/mol. The molecule has 14 aromatic rings. The van der Waals surface area contributed by atoms with Crippen molar-refractivity contribution in [2.24, 2.45) is 0 Å². The second-order valence-corrected chi connectivity index (χ2v) is 29.5. The summed E-state index contributed by atoms with van der Waals surface area (Å²) in [5.41, 5.74) is 14.8. The molecule has 0 saturated carbocycles. The molecule has 4 aromatic heterocycles. The van der Waals surface area contributed by atoms with Crippen LogP contribution in [0.25, 0.3) is 89.4 Å². The number of pyridine rings is 2. The van der Waals surface area contributed by atoms with Crippen LogP contribution in [0, 0.1) is 6.07 Å². The van der Waals surface area contributed by atoms with Crippen molar-refractivity contribution in [2.45, 2.75) is 105 Å². The van der Waals surface area contributed by atoms with E-state index in [2.05, 4.69) is 245 Å². The quantitative estimate of drug-likeness (QED) is 0.114. The van der Waals surface area contributed by atoms with Gasteiger partial charge in [0.05, 0.1) is 39.6 Å². The number of hydrogen-bond donors (Lipinski definition) is 2. The normalized spacial score (nSPS) is 11.8. The summed E-state index contributed by atoms with van der Waals surface area (Å²) < 4.78 is 0. The van der Waals surface area contributed by atoms with Crippen molar-refractivity contribution < 1.29 is 31.3 Å². The summed E-state index contributed by atoms with van der Waals surface area (Å²) in [5.74, 6) is 2.96. The van der Waals surface area contributed by atoms with Crippen molar-refractivity contribution >= 4 is 55.9 Å². The average Bonchev–Trinajstić information content (AvgIpc) is 0.772. The van der Waals surface area contributed by atoms with Gasteiger partial charge in [-0.3, -0.25) is 9.88 Å². The monoisotopic (exact) mass is 1500 g/mol. The zero-order chi connectivity index (χ0) is 70.1. The molecular formula is C90H83N8O2Pt-. The van der Waals surface area contributed by atoms with Crippen LogP contribution in [0.5, 0.6) is 11.5 Å². The van der Waals surface area contributed by atoms with Crippen molar-refractivity contribution in [1.82, 2.24) is 29.9 Å². The van der Waals surface area contributed by atoms with E-state index < -0.39 is 0 Å². The third-order valence-corrected chi connectivity index (χ3v) is 18.1. The van der Waals surface area contributed by atoms with Crippen LogP contribution in [0.3, 0.4) is 0 Å². The first-order valence-corrected chi connectivity index (χ1v) is 34.1. The van der Waals surface area contributed by atoms with Crippen molar-refractivity contribution in [2.75, 3.05) is 9.80 Å². The molecule has 14 rings (SSSR count). The van der Waals surface area contributed by atoms with E-state index in [9.17, 15) is 10.2 Å². The number of nitrogens with zero attached hydrogens (tertiary/aromatic N) is 8. The Kier molecular flexibility index (Phi) is 19.9. The largest absolute Gasteiger partial charge is 0.507 e. The number of aromatic hydroxyl groups is 2. The number of aromatic nitrogens is 6. The molecule has 506 valence electrons. The van der Waals surface area contributed by atoms with Crippen molar-refractivity contribution in [3.8, 4) is 79.3 Å². The Labute approximate surface area is 608 Å². The number of rotatable bonds is 12. The van der Waals surface area contributed by atoms with Gasteiger partial charge >= 0.3 is 0 Å². The summed E-state index contributed by atoms with van der Waals surface area (Å²) in [7, 11) is 0. The fraction of sp³-hybridized carbons (Fsp3) is 0.178. The number of phenolic OH excluding ortho intramolecular Hbond substituents is 2. The predicted octanol–water partition coefficient (Wildman–Crippen LogP) is 23.4. The second-order valence-electron chi connectivity index (χ2n) is 29.5. The first kappa shape index (κ1) is 70.0. The van der Waals surface area contributed by atoms with Gasteiger partial charge in [-0.15, -0.1) is 29.8 Å². The van der Waals surface area contributed by atoms with Gasteiger partial charge in [0.1, 0.15) is 23.1 Å². The van der Waals surface area contributed by atoms with Crippen LogP contribution >= 0.6 is 0 Å². The summed E-state index contributed by atoms with van der Waals surface area (Å²) in [6, 6.07) is 92.2. The fourth-order valence-corrected chi connectivity index (χ4v) is 12.6. The van der Waals surface area contributed by atoms with E-state index in [0.717, 1.165) is 118 Å². The molecule has 101 heavy (non-hydrogen) atoms. The molecule has 10 aromatic carbocycles. The third kappa shape index (κ3) is 15.2. The van der Waals surface area contributed by atoms with Gasteiger partial charge in [0, 0.05) is 72.2 Å². The number of benzene rings is 10. The molecule has 0 atom stereocenters. The SMILES string of the molecule is CC(C)(C)c1cc(-c2nc(-c3[c-]c(N(c4ccccn4)c4cccc5ccccc45)ccc3)cc(-c3ccccc3)n2)c(O)c(C(C)(C)C)c1.CC(C)(C)c1cc(-c2nc(-c3ccccc3)cc(-c3cccc(N(c4ccccn4)c4cccc5ccccc45)c3)n2)c(O)c(C(C)(C)C)c1.[Pt]. The summed E-state index contributed by atoms with van der Waals surface area (Å²) in [5, 5.41) is 28.2. The van der Waals surface area contributed by atoms with Gasteiger partial charge in [-0.05, 0) is 127 Å². The van der Waals surface area contributed by atoms with Crippen molar-refractivity contribution in [1.29, 1.82) is 0 Å². The Bertz CT molecular complexity index is 4930. The topological polar surface area (TPSA) is 124 Å². The molecule has 10 nitrogen and oxygen atoms in total. The van der Waals surface area contributed by atoms with Crippen molar-refractivity contribution in [3.63, 3.8) is 0 Å². The maximum absolute atomic E-state index is 11.9. The number of anilines is 6. The Balaban J connectivity index is 0.000000189. The molecule has 0 radical (unpaired) electrons. The van der Waals surface area contributed by atoms with Gasteiger partial charge in [-0.1, -0.05) is 259 Å². The minimum Gasteiger partial charge on any atom is -0.507 e. The van der Waals surface area contributed by atoms with Crippen LogP contribution < -0.4 is 9.80 Å². The van der Waals surface area contributed by atoms with Crippen LogP contribution in [0.4, 0.5) is 34.4 Å². The third-order valence-electron chi connectivity index (χ3n) is 18.1. The van der Waals surface area contributed by atoms with Gasteiger partial charge < -0.3 is 15.1 Å². The number of phenols is 2. The summed E-state index contributed by atoms with van der Waals surface area (Å²) in [6.07, 6.45) is 3.63. The van der Waals surface area contributed by atoms with Crippen LogP contribution in [-0.4, -0.2) is 40.1 Å². The minimum atomic E-state index is -0.293. The number of fused-ring (bicyclic) bond motifs is 2.